The highest BCUT2D eigenvalue weighted by Crippen LogP contribution is 2.37. The predicted octanol–water partition coefficient (Wildman–Crippen LogP) is 4.29. The highest BCUT2D eigenvalue weighted by atomic mass is 32.1. The van der Waals surface area contributed by atoms with Gasteiger partial charge in [-0.15, -0.1) is 11.3 Å². The first-order valence-electron chi connectivity index (χ1n) is 10.9. The number of amides is 2. The molecular weight excluding hydrogens is 452 g/mol. The van der Waals surface area contributed by atoms with Crippen molar-refractivity contribution in [3.05, 3.63) is 75.9 Å². The third kappa shape index (κ3) is 5.53. The molecule has 1 aliphatic rings. The minimum atomic E-state index is -0.412. The summed E-state index contributed by atoms with van der Waals surface area (Å²) < 4.78 is 10.6. The third-order valence-electron chi connectivity index (χ3n) is 5.54. The van der Waals surface area contributed by atoms with Gasteiger partial charge in [0, 0.05) is 35.8 Å². The lowest BCUT2D eigenvalue weighted by Crippen LogP contribution is -2.35. The number of carbonyl (C=O) groups is 2. The number of fused-ring (bicyclic) bond motifs is 1. The summed E-state index contributed by atoms with van der Waals surface area (Å²) in [6, 6.07) is 13.5. The zero-order valence-corrected chi connectivity index (χ0v) is 19.6. The van der Waals surface area contributed by atoms with E-state index in [2.05, 4.69) is 16.4 Å². The highest BCUT2D eigenvalue weighted by molar-refractivity contribution is 7.16. The number of carbonyl (C=O) groups excluding carboxylic acids is 2. The Morgan fingerprint density at radius 3 is 2.88 bits per heavy atom. The van der Waals surface area contributed by atoms with Gasteiger partial charge in [0.1, 0.15) is 23.4 Å². The zero-order chi connectivity index (χ0) is 23.9. The largest absolute Gasteiger partial charge is 0.497 e. The van der Waals surface area contributed by atoms with E-state index in [4.69, 9.17) is 9.47 Å². The van der Waals surface area contributed by atoms with Crippen molar-refractivity contribution in [3.63, 3.8) is 0 Å². The van der Waals surface area contributed by atoms with Crippen LogP contribution in [0.4, 0.5) is 9.80 Å². The molecule has 0 spiro atoms. The summed E-state index contributed by atoms with van der Waals surface area (Å²) in [6.07, 6.45) is 4.29. The van der Waals surface area contributed by atoms with E-state index in [-0.39, 0.29) is 18.9 Å². The number of methoxy groups -OCH3 is 1. The molecule has 1 aliphatic heterocycles. The van der Waals surface area contributed by atoms with Gasteiger partial charge in [-0.3, -0.25) is 9.78 Å². The number of aryl methyl sites for hydroxylation is 1. The van der Waals surface area contributed by atoms with Crippen LogP contribution in [0.2, 0.25) is 0 Å². The van der Waals surface area contributed by atoms with Gasteiger partial charge in [-0.05, 0) is 42.2 Å². The van der Waals surface area contributed by atoms with Gasteiger partial charge in [0.2, 0.25) is 5.91 Å². The van der Waals surface area contributed by atoms with Gasteiger partial charge >= 0.3 is 6.09 Å². The fraction of sp³-hybridized carbons (Fsp3) is 0.280. The molecule has 174 valence electrons. The van der Waals surface area contributed by atoms with E-state index in [1.54, 1.807) is 30.5 Å². The lowest BCUT2D eigenvalue weighted by Gasteiger charge is -2.26. The van der Waals surface area contributed by atoms with Crippen molar-refractivity contribution in [2.24, 2.45) is 0 Å². The van der Waals surface area contributed by atoms with E-state index in [0.717, 1.165) is 27.3 Å². The van der Waals surface area contributed by atoms with E-state index >= 15 is 0 Å². The average molecular weight is 477 g/mol. The fourth-order valence-electron chi connectivity index (χ4n) is 3.76. The molecule has 0 bridgehead atoms. The molecule has 0 saturated heterocycles. The van der Waals surface area contributed by atoms with Crippen LogP contribution in [0.15, 0.2) is 48.8 Å². The number of ether oxygens (including phenoxy) is 2. The highest BCUT2D eigenvalue weighted by Gasteiger charge is 2.28. The molecule has 1 N–H and O–H groups in total. The maximum Gasteiger partial charge on any atom is 0.410 e. The SMILES string of the molecule is COc1cccc(CCC(=O)Nc2sc3c(c2C#N)CCN(C(=O)OCc2cccnc2)C3)c1. The van der Waals surface area contributed by atoms with Crippen LogP contribution < -0.4 is 10.1 Å². The average Bonchev–Trinajstić information content (AvgIpc) is 3.22. The monoisotopic (exact) mass is 476 g/mol. The lowest BCUT2D eigenvalue weighted by atomic mass is 10.0. The minimum Gasteiger partial charge on any atom is -0.497 e. The Balaban J connectivity index is 1.36. The lowest BCUT2D eigenvalue weighted by molar-refractivity contribution is -0.116. The Bertz CT molecular complexity index is 1220. The van der Waals surface area contributed by atoms with Crippen LogP contribution in [-0.4, -0.2) is 35.5 Å². The number of pyridine rings is 1. The maximum atomic E-state index is 12.6. The number of anilines is 1. The van der Waals surface area contributed by atoms with E-state index in [1.807, 2.05) is 30.3 Å². The molecule has 1 aromatic carbocycles. The van der Waals surface area contributed by atoms with Crippen LogP contribution >= 0.6 is 11.3 Å². The number of aromatic nitrogens is 1. The molecule has 2 amide bonds. The van der Waals surface area contributed by atoms with Crippen molar-refractivity contribution >= 4 is 28.3 Å². The van der Waals surface area contributed by atoms with Crippen LogP contribution in [0.3, 0.4) is 0 Å². The van der Waals surface area contributed by atoms with Gasteiger partial charge in [-0.25, -0.2) is 4.79 Å². The predicted molar refractivity (Wildman–Crippen MR) is 128 cm³/mol. The molecule has 9 heteroatoms. The first-order valence-corrected chi connectivity index (χ1v) is 11.7. The number of hydrogen-bond donors (Lipinski definition) is 1. The molecule has 0 radical (unpaired) electrons. The van der Waals surface area contributed by atoms with Crippen molar-refractivity contribution in [2.75, 3.05) is 19.0 Å². The van der Waals surface area contributed by atoms with Gasteiger partial charge in [0.15, 0.2) is 0 Å². The molecule has 0 atom stereocenters. The molecule has 3 heterocycles. The standard InChI is InChI=1S/C25H24N4O4S/c1-32-19-6-2-4-17(12-19)7-8-23(30)28-24-21(13-26)20-9-11-29(15-22(20)34-24)25(31)33-16-18-5-3-10-27-14-18/h2-6,10,12,14H,7-9,11,15-16H2,1H3,(H,28,30). The number of benzene rings is 1. The van der Waals surface area contributed by atoms with E-state index < -0.39 is 6.09 Å². The number of nitrogens with zero attached hydrogens (tertiary/aromatic N) is 3. The molecular formula is C25H24N4O4S. The Hall–Kier alpha value is -3.90. The fourth-order valence-corrected chi connectivity index (χ4v) is 4.99. The van der Waals surface area contributed by atoms with Gasteiger partial charge < -0.3 is 19.7 Å². The molecule has 34 heavy (non-hydrogen) atoms. The normalized spacial score (nSPS) is 12.4. The van der Waals surface area contributed by atoms with Gasteiger partial charge in [-0.1, -0.05) is 18.2 Å². The van der Waals surface area contributed by atoms with Crippen LogP contribution in [-0.2, 0) is 35.5 Å². The quantitative estimate of drug-likeness (QED) is 0.546. The first kappa shape index (κ1) is 23.3. The van der Waals surface area contributed by atoms with Crippen LogP contribution in [0.5, 0.6) is 5.75 Å². The second kappa shape index (κ2) is 10.8. The van der Waals surface area contributed by atoms with Crippen LogP contribution in [0.25, 0.3) is 0 Å². The number of nitriles is 1. The van der Waals surface area contributed by atoms with Gasteiger partial charge in [-0.2, -0.15) is 5.26 Å². The summed E-state index contributed by atoms with van der Waals surface area (Å²) in [7, 11) is 1.61. The minimum absolute atomic E-state index is 0.151. The summed E-state index contributed by atoms with van der Waals surface area (Å²) in [5.74, 6) is 0.588. The summed E-state index contributed by atoms with van der Waals surface area (Å²) in [5.41, 5.74) is 3.20. The van der Waals surface area contributed by atoms with E-state index in [0.29, 0.717) is 36.5 Å². The number of hydrogen-bond acceptors (Lipinski definition) is 7. The van der Waals surface area contributed by atoms with E-state index in [9.17, 15) is 14.9 Å². The second-order valence-corrected chi connectivity index (χ2v) is 8.91. The first-order chi connectivity index (χ1) is 16.6. The van der Waals surface area contributed by atoms with Crippen molar-refractivity contribution < 1.29 is 19.1 Å². The number of thiophene rings is 1. The molecule has 0 unspecified atom stereocenters. The Labute approximate surface area is 201 Å². The van der Waals surface area contributed by atoms with Crippen molar-refractivity contribution in [3.8, 4) is 11.8 Å². The smallest absolute Gasteiger partial charge is 0.410 e. The Morgan fingerprint density at radius 2 is 2.12 bits per heavy atom. The van der Waals surface area contributed by atoms with Gasteiger partial charge in [0.25, 0.3) is 0 Å². The third-order valence-corrected chi connectivity index (χ3v) is 6.67. The molecule has 4 rings (SSSR count). The summed E-state index contributed by atoms with van der Waals surface area (Å²) in [5, 5.41) is 13.1. The molecule has 2 aromatic heterocycles. The van der Waals surface area contributed by atoms with Crippen molar-refractivity contribution in [1.82, 2.24) is 9.88 Å². The molecule has 8 nitrogen and oxygen atoms in total. The van der Waals surface area contributed by atoms with Crippen molar-refractivity contribution in [2.45, 2.75) is 32.4 Å². The molecule has 0 saturated carbocycles. The zero-order valence-electron chi connectivity index (χ0n) is 18.7. The van der Waals surface area contributed by atoms with Gasteiger partial charge in [0.05, 0.1) is 19.2 Å². The topological polar surface area (TPSA) is 105 Å². The summed E-state index contributed by atoms with van der Waals surface area (Å²) in [4.78, 5) is 31.6. The number of nitrogens with one attached hydrogen (secondary N) is 1. The summed E-state index contributed by atoms with van der Waals surface area (Å²) >= 11 is 1.34. The second-order valence-electron chi connectivity index (χ2n) is 7.81. The van der Waals surface area contributed by atoms with E-state index in [1.165, 1.54) is 11.3 Å². The maximum absolute atomic E-state index is 12.6. The van der Waals surface area contributed by atoms with Crippen molar-refractivity contribution in [1.29, 1.82) is 5.26 Å². The van der Waals surface area contributed by atoms with Crippen LogP contribution in [0, 0.1) is 11.3 Å². The Kier molecular flexibility index (Phi) is 7.40. The summed E-state index contributed by atoms with van der Waals surface area (Å²) in [6.45, 7) is 0.951. The Morgan fingerprint density at radius 1 is 1.26 bits per heavy atom. The molecule has 0 fully saturated rings. The molecule has 0 aliphatic carbocycles. The van der Waals surface area contributed by atoms with Crippen LogP contribution in [0.1, 0.15) is 33.6 Å². The molecule has 3 aromatic rings. The number of rotatable bonds is 7.